The molecule has 1 aliphatic carbocycles. The summed E-state index contributed by atoms with van der Waals surface area (Å²) in [6.45, 7) is 7.26. The van der Waals surface area contributed by atoms with E-state index in [1.165, 1.54) is 64.7 Å². The summed E-state index contributed by atoms with van der Waals surface area (Å²) in [5, 5.41) is 0. The predicted molar refractivity (Wildman–Crippen MR) is 143 cm³/mol. The van der Waals surface area contributed by atoms with Crippen LogP contribution in [-0.4, -0.2) is 54.9 Å². The van der Waals surface area contributed by atoms with Gasteiger partial charge in [-0.25, -0.2) is 0 Å². The lowest BCUT2D eigenvalue weighted by Crippen LogP contribution is -2.30. The van der Waals surface area contributed by atoms with Crippen LogP contribution in [0.2, 0.25) is 0 Å². The maximum atomic E-state index is 13.2. The summed E-state index contributed by atoms with van der Waals surface area (Å²) in [6.07, 6.45) is 19.1. The first-order valence-electron chi connectivity index (χ1n) is 13.4. The largest absolute Gasteiger partial charge is 0.303 e. The van der Waals surface area contributed by atoms with Gasteiger partial charge in [0.15, 0.2) is 5.78 Å². The van der Waals surface area contributed by atoms with Crippen LogP contribution in [0.4, 0.5) is 0 Å². The molecule has 2 aliphatic heterocycles. The van der Waals surface area contributed by atoms with Crippen molar-refractivity contribution in [3.8, 4) is 11.1 Å². The molecule has 34 heavy (non-hydrogen) atoms. The summed E-state index contributed by atoms with van der Waals surface area (Å²) in [6, 6.07) is 12.7. The van der Waals surface area contributed by atoms with Crippen LogP contribution in [0.3, 0.4) is 0 Å². The van der Waals surface area contributed by atoms with Crippen molar-refractivity contribution in [2.75, 3.05) is 39.3 Å². The van der Waals surface area contributed by atoms with E-state index in [1.807, 2.05) is 0 Å². The summed E-state index contributed by atoms with van der Waals surface area (Å²) in [5.74, 6) is 0.164. The number of hydrogen-bond donors (Lipinski definition) is 0. The van der Waals surface area contributed by atoms with E-state index in [1.54, 1.807) is 0 Å². The Morgan fingerprint density at radius 1 is 0.588 bits per heavy atom. The van der Waals surface area contributed by atoms with Crippen molar-refractivity contribution in [1.29, 1.82) is 0 Å². The average Bonchev–Trinajstić information content (AvgIpc) is 3.16. The van der Waals surface area contributed by atoms with Gasteiger partial charge in [0.25, 0.3) is 0 Å². The smallest absolute Gasteiger partial charge is 0.194 e. The zero-order valence-electron chi connectivity index (χ0n) is 20.5. The Kier molecular flexibility index (Phi) is 7.72. The average molecular weight is 455 g/mol. The van der Waals surface area contributed by atoms with E-state index in [9.17, 15) is 4.79 Å². The van der Waals surface area contributed by atoms with Crippen LogP contribution in [0.5, 0.6) is 0 Å². The lowest BCUT2D eigenvalue weighted by Gasteiger charge is -2.25. The normalized spacial score (nSPS) is 19.2. The maximum absolute atomic E-state index is 13.2. The summed E-state index contributed by atoms with van der Waals surface area (Å²) >= 11 is 0. The number of nitrogens with zero attached hydrogens (tertiary/aromatic N) is 2. The number of piperidine rings is 2. The lowest BCUT2D eigenvalue weighted by atomic mass is 10.0. The van der Waals surface area contributed by atoms with Crippen LogP contribution >= 0.6 is 0 Å². The van der Waals surface area contributed by atoms with Gasteiger partial charge in [0, 0.05) is 24.2 Å². The molecule has 0 radical (unpaired) electrons. The van der Waals surface area contributed by atoms with Crippen molar-refractivity contribution in [2.24, 2.45) is 0 Å². The zero-order valence-corrected chi connectivity index (χ0v) is 20.5. The first kappa shape index (κ1) is 23.3. The van der Waals surface area contributed by atoms with E-state index in [0.717, 1.165) is 59.3 Å². The Hall–Kier alpha value is -2.49. The van der Waals surface area contributed by atoms with E-state index >= 15 is 0 Å². The van der Waals surface area contributed by atoms with Gasteiger partial charge in [-0.2, -0.15) is 0 Å². The zero-order chi connectivity index (χ0) is 23.2. The predicted octanol–water partition coefficient (Wildman–Crippen LogP) is 6.68. The topological polar surface area (TPSA) is 23.6 Å². The van der Waals surface area contributed by atoms with E-state index in [0.29, 0.717) is 0 Å². The Labute approximate surface area is 205 Å². The molecule has 3 aliphatic rings. The third-order valence-electron chi connectivity index (χ3n) is 7.61. The van der Waals surface area contributed by atoms with Gasteiger partial charge in [0.2, 0.25) is 0 Å². The highest BCUT2D eigenvalue weighted by Gasteiger charge is 2.26. The van der Waals surface area contributed by atoms with Crippen molar-refractivity contribution in [3.63, 3.8) is 0 Å². The van der Waals surface area contributed by atoms with Gasteiger partial charge >= 0.3 is 0 Å². The number of carbonyl (C=O) groups excluding carboxylic acids is 1. The van der Waals surface area contributed by atoms with Gasteiger partial charge in [-0.05, 0) is 99.1 Å². The molecule has 3 heteroatoms. The number of fused-ring (bicyclic) bond motifs is 3. The van der Waals surface area contributed by atoms with Gasteiger partial charge in [-0.15, -0.1) is 0 Å². The molecule has 0 atom stereocenters. The molecule has 2 saturated heterocycles. The Morgan fingerprint density at radius 3 is 1.47 bits per heavy atom. The third kappa shape index (κ3) is 5.59. The molecule has 0 unspecified atom stereocenters. The number of carbonyl (C=O) groups is 1. The van der Waals surface area contributed by atoms with Crippen molar-refractivity contribution >= 4 is 17.9 Å². The van der Waals surface area contributed by atoms with E-state index < -0.39 is 0 Å². The van der Waals surface area contributed by atoms with Crippen LogP contribution in [0.1, 0.15) is 78.4 Å². The second-order valence-electron chi connectivity index (χ2n) is 10.1. The summed E-state index contributed by atoms with van der Waals surface area (Å²) < 4.78 is 0. The minimum atomic E-state index is 0.164. The fraction of sp³-hybridized carbons (Fsp3) is 0.452. The molecule has 0 N–H and O–H groups in total. The third-order valence-corrected chi connectivity index (χ3v) is 7.61. The molecule has 0 spiro atoms. The Balaban J connectivity index is 1.19. The maximum Gasteiger partial charge on any atom is 0.194 e. The standard InChI is InChI=1S/C31H38N2O/c34-31-29-23-25(11-3-9-21-32-17-5-1-6-18-32)13-15-27(29)28-16-14-26(24-30(28)31)12-4-10-22-33-19-7-2-8-20-33/h3-4,11-16,23-24H,1-2,5-10,17-22H2. The highest BCUT2D eigenvalue weighted by molar-refractivity contribution is 6.22. The van der Waals surface area contributed by atoms with Gasteiger partial charge in [0.05, 0.1) is 0 Å². The van der Waals surface area contributed by atoms with Crippen LogP contribution in [0.25, 0.3) is 23.3 Å². The van der Waals surface area contributed by atoms with E-state index in [2.05, 4.69) is 70.5 Å². The second kappa shape index (κ2) is 11.3. The highest BCUT2D eigenvalue weighted by atomic mass is 16.1. The molecule has 2 heterocycles. The molecule has 0 aromatic heterocycles. The van der Waals surface area contributed by atoms with Gasteiger partial charge < -0.3 is 9.80 Å². The monoisotopic (exact) mass is 454 g/mol. The van der Waals surface area contributed by atoms with Crippen molar-refractivity contribution in [2.45, 2.75) is 51.4 Å². The summed E-state index contributed by atoms with van der Waals surface area (Å²) in [5.41, 5.74) is 6.09. The van der Waals surface area contributed by atoms with Gasteiger partial charge in [0.1, 0.15) is 0 Å². The summed E-state index contributed by atoms with van der Waals surface area (Å²) in [4.78, 5) is 18.3. The molecule has 0 bridgehead atoms. The first-order chi connectivity index (χ1) is 16.8. The molecule has 178 valence electrons. The fourth-order valence-corrected chi connectivity index (χ4v) is 5.64. The second-order valence-corrected chi connectivity index (χ2v) is 10.1. The molecular formula is C31H38N2O. The Bertz CT molecular complexity index is 972. The number of benzene rings is 2. The molecule has 0 amide bonds. The van der Waals surface area contributed by atoms with Crippen molar-refractivity contribution in [1.82, 2.24) is 9.80 Å². The number of likely N-dealkylation sites (tertiary alicyclic amines) is 2. The van der Waals surface area contributed by atoms with Crippen molar-refractivity contribution < 1.29 is 4.79 Å². The van der Waals surface area contributed by atoms with Gasteiger partial charge in [-0.1, -0.05) is 61.4 Å². The molecular weight excluding hydrogens is 416 g/mol. The van der Waals surface area contributed by atoms with Gasteiger partial charge in [-0.3, -0.25) is 4.79 Å². The molecule has 2 aromatic rings. The van der Waals surface area contributed by atoms with Crippen molar-refractivity contribution in [3.05, 3.63) is 70.8 Å². The lowest BCUT2D eigenvalue weighted by molar-refractivity contribution is 0.104. The molecule has 3 nitrogen and oxygen atoms in total. The van der Waals surface area contributed by atoms with Crippen LogP contribution in [0.15, 0.2) is 48.6 Å². The number of rotatable bonds is 8. The minimum Gasteiger partial charge on any atom is -0.303 e. The fourth-order valence-electron chi connectivity index (χ4n) is 5.64. The number of hydrogen-bond acceptors (Lipinski definition) is 3. The quantitative estimate of drug-likeness (QED) is 0.379. The van der Waals surface area contributed by atoms with Crippen LogP contribution in [0, 0.1) is 0 Å². The number of ketones is 1. The van der Waals surface area contributed by atoms with Crippen LogP contribution < -0.4 is 0 Å². The van der Waals surface area contributed by atoms with Crippen LogP contribution in [-0.2, 0) is 0 Å². The van der Waals surface area contributed by atoms with E-state index in [-0.39, 0.29) is 5.78 Å². The summed E-state index contributed by atoms with van der Waals surface area (Å²) in [7, 11) is 0. The highest BCUT2D eigenvalue weighted by Crippen LogP contribution is 2.37. The molecule has 2 aromatic carbocycles. The SMILES string of the molecule is O=C1c2cc(C=CCCN3CCCCC3)ccc2-c2ccc(C=CCCN3CCCCC3)cc21. The molecule has 2 fully saturated rings. The Morgan fingerprint density at radius 2 is 1.03 bits per heavy atom. The first-order valence-corrected chi connectivity index (χ1v) is 13.4. The molecule has 5 rings (SSSR count). The molecule has 0 saturated carbocycles. The van der Waals surface area contributed by atoms with E-state index in [4.69, 9.17) is 0 Å². The minimum absolute atomic E-state index is 0.164.